The first kappa shape index (κ1) is 17.6. The molecule has 1 atom stereocenters. The molecule has 1 heterocycles. The van der Waals surface area contributed by atoms with Gasteiger partial charge in [-0.15, -0.1) is 0 Å². The third-order valence-electron chi connectivity index (χ3n) is 3.89. The molecule has 23 heavy (non-hydrogen) atoms. The van der Waals surface area contributed by atoms with Crippen LogP contribution in [0.15, 0.2) is 18.2 Å². The maximum Gasteiger partial charge on any atom is 0.422 e. The molecule has 0 saturated carbocycles. The fourth-order valence-corrected chi connectivity index (χ4v) is 2.57. The van der Waals surface area contributed by atoms with Gasteiger partial charge in [-0.2, -0.15) is 13.2 Å². The van der Waals surface area contributed by atoms with Gasteiger partial charge in [0, 0.05) is 17.7 Å². The van der Waals surface area contributed by atoms with Gasteiger partial charge in [-0.05, 0) is 50.9 Å². The van der Waals surface area contributed by atoms with Gasteiger partial charge in [0.1, 0.15) is 5.75 Å². The minimum absolute atomic E-state index is 0.125. The lowest BCUT2D eigenvalue weighted by atomic mass is 10.0. The van der Waals surface area contributed by atoms with E-state index in [1.807, 2.05) is 0 Å². The number of amides is 1. The lowest BCUT2D eigenvalue weighted by Crippen LogP contribution is -2.20. The Morgan fingerprint density at radius 1 is 1.43 bits per heavy atom. The number of nitrogens with one attached hydrogen (secondary N) is 2. The van der Waals surface area contributed by atoms with Crippen molar-refractivity contribution < 1.29 is 22.7 Å². The summed E-state index contributed by atoms with van der Waals surface area (Å²) in [7, 11) is 0. The molecular formula is C16H21F3N2O2. The monoisotopic (exact) mass is 330 g/mol. The predicted octanol–water partition coefficient (Wildman–Crippen LogP) is 3.26. The maximum atomic E-state index is 12.2. The highest BCUT2D eigenvalue weighted by molar-refractivity contribution is 5.91. The molecule has 4 nitrogen and oxygen atoms in total. The van der Waals surface area contributed by atoms with Crippen LogP contribution >= 0.6 is 0 Å². The number of halogens is 3. The number of hydrogen-bond acceptors (Lipinski definition) is 3. The maximum absolute atomic E-state index is 12.2. The van der Waals surface area contributed by atoms with Gasteiger partial charge >= 0.3 is 6.18 Å². The zero-order chi connectivity index (χ0) is 16.9. The van der Waals surface area contributed by atoms with Gasteiger partial charge in [-0.3, -0.25) is 4.79 Å². The SMILES string of the molecule is Cc1c(NC(=O)CCC2CCNC2)cccc1OCC(F)(F)F. The number of rotatable bonds is 6. The third-order valence-corrected chi connectivity index (χ3v) is 3.89. The molecule has 0 bridgehead atoms. The molecule has 7 heteroatoms. The zero-order valence-corrected chi connectivity index (χ0v) is 13.0. The fraction of sp³-hybridized carbons (Fsp3) is 0.562. The lowest BCUT2D eigenvalue weighted by Gasteiger charge is -2.15. The zero-order valence-electron chi connectivity index (χ0n) is 13.0. The molecule has 0 aliphatic carbocycles. The Kier molecular flexibility index (Phi) is 5.87. The lowest BCUT2D eigenvalue weighted by molar-refractivity contribution is -0.153. The standard InChI is InChI=1S/C16H21F3N2O2/c1-11-13(3-2-4-14(11)23-10-16(17,18)19)21-15(22)6-5-12-7-8-20-9-12/h2-4,12,20H,5-10H2,1H3,(H,21,22). The molecule has 1 fully saturated rings. The summed E-state index contributed by atoms with van der Waals surface area (Å²) in [5.74, 6) is 0.511. The molecule has 1 aromatic rings. The van der Waals surface area contributed by atoms with Gasteiger partial charge < -0.3 is 15.4 Å². The molecule has 1 aliphatic heterocycles. The van der Waals surface area contributed by atoms with Gasteiger partial charge in [0.25, 0.3) is 0 Å². The van der Waals surface area contributed by atoms with E-state index in [9.17, 15) is 18.0 Å². The Morgan fingerprint density at radius 3 is 2.87 bits per heavy atom. The second-order valence-electron chi connectivity index (χ2n) is 5.78. The number of anilines is 1. The van der Waals surface area contributed by atoms with E-state index in [0.717, 1.165) is 25.9 Å². The Morgan fingerprint density at radius 2 is 2.22 bits per heavy atom. The Balaban J connectivity index is 1.89. The predicted molar refractivity (Wildman–Crippen MR) is 81.6 cm³/mol. The second kappa shape index (κ2) is 7.68. The van der Waals surface area contributed by atoms with Crippen molar-refractivity contribution >= 4 is 11.6 Å². The first-order chi connectivity index (χ1) is 10.8. The molecule has 1 aromatic carbocycles. The average Bonchev–Trinajstić information content (AvgIpc) is 2.98. The van der Waals surface area contributed by atoms with Crippen molar-refractivity contribution in [3.8, 4) is 5.75 Å². The molecule has 0 aromatic heterocycles. The van der Waals surface area contributed by atoms with Crippen molar-refractivity contribution in [3.63, 3.8) is 0 Å². The van der Waals surface area contributed by atoms with E-state index < -0.39 is 12.8 Å². The van der Waals surface area contributed by atoms with Crippen LogP contribution in [-0.2, 0) is 4.79 Å². The fourth-order valence-electron chi connectivity index (χ4n) is 2.57. The van der Waals surface area contributed by atoms with E-state index in [2.05, 4.69) is 10.6 Å². The smallest absolute Gasteiger partial charge is 0.422 e. The van der Waals surface area contributed by atoms with E-state index in [4.69, 9.17) is 4.74 Å². The summed E-state index contributed by atoms with van der Waals surface area (Å²) in [4.78, 5) is 12.0. The number of carbonyl (C=O) groups excluding carboxylic acids is 1. The highest BCUT2D eigenvalue weighted by atomic mass is 19.4. The highest BCUT2D eigenvalue weighted by Gasteiger charge is 2.28. The number of ether oxygens (including phenoxy) is 1. The first-order valence-corrected chi connectivity index (χ1v) is 7.65. The summed E-state index contributed by atoms with van der Waals surface area (Å²) in [6, 6.07) is 4.68. The summed E-state index contributed by atoms with van der Waals surface area (Å²) >= 11 is 0. The summed E-state index contributed by atoms with van der Waals surface area (Å²) in [6.45, 7) is 2.21. The molecule has 1 aliphatic rings. The van der Waals surface area contributed by atoms with E-state index >= 15 is 0 Å². The molecular weight excluding hydrogens is 309 g/mol. The van der Waals surface area contributed by atoms with Gasteiger partial charge in [0.05, 0.1) is 0 Å². The van der Waals surface area contributed by atoms with Crippen molar-refractivity contribution in [2.75, 3.05) is 25.0 Å². The van der Waals surface area contributed by atoms with Crippen molar-refractivity contribution in [2.24, 2.45) is 5.92 Å². The third kappa shape index (κ3) is 5.74. The summed E-state index contributed by atoms with van der Waals surface area (Å²) in [5, 5.41) is 6.00. The summed E-state index contributed by atoms with van der Waals surface area (Å²) in [6.07, 6.45) is -2.10. The van der Waals surface area contributed by atoms with Crippen molar-refractivity contribution in [3.05, 3.63) is 23.8 Å². The molecule has 1 unspecified atom stereocenters. The number of carbonyl (C=O) groups is 1. The van der Waals surface area contributed by atoms with Gasteiger partial charge in [0.2, 0.25) is 5.91 Å². The van der Waals surface area contributed by atoms with Crippen molar-refractivity contribution in [2.45, 2.75) is 32.4 Å². The first-order valence-electron chi connectivity index (χ1n) is 7.65. The van der Waals surface area contributed by atoms with Gasteiger partial charge in [0.15, 0.2) is 6.61 Å². The second-order valence-corrected chi connectivity index (χ2v) is 5.78. The molecule has 1 amide bonds. The van der Waals surface area contributed by atoms with Crippen LogP contribution in [0.5, 0.6) is 5.75 Å². The van der Waals surface area contributed by atoms with Gasteiger partial charge in [-0.1, -0.05) is 6.07 Å². The Bertz CT molecular complexity index is 541. The van der Waals surface area contributed by atoms with Crippen LogP contribution in [0.1, 0.15) is 24.8 Å². The van der Waals surface area contributed by atoms with E-state index in [1.165, 1.54) is 6.07 Å². The van der Waals surface area contributed by atoms with Crippen molar-refractivity contribution in [1.82, 2.24) is 5.32 Å². The largest absolute Gasteiger partial charge is 0.484 e. The van der Waals surface area contributed by atoms with Crippen LogP contribution in [-0.4, -0.2) is 31.8 Å². The van der Waals surface area contributed by atoms with Crippen LogP contribution in [0.3, 0.4) is 0 Å². The molecule has 2 N–H and O–H groups in total. The molecule has 0 radical (unpaired) electrons. The molecule has 128 valence electrons. The topological polar surface area (TPSA) is 50.4 Å². The van der Waals surface area contributed by atoms with Crippen LogP contribution in [0, 0.1) is 12.8 Å². The van der Waals surface area contributed by atoms with E-state index in [-0.39, 0.29) is 11.7 Å². The molecule has 0 spiro atoms. The van der Waals surface area contributed by atoms with Crippen molar-refractivity contribution in [1.29, 1.82) is 0 Å². The minimum atomic E-state index is -4.39. The van der Waals surface area contributed by atoms with Crippen LogP contribution < -0.4 is 15.4 Å². The summed E-state index contributed by atoms with van der Waals surface area (Å²) in [5.41, 5.74) is 0.979. The van der Waals surface area contributed by atoms with E-state index in [0.29, 0.717) is 23.6 Å². The van der Waals surface area contributed by atoms with Gasteiger partial charge in [-0.25, -0.2) is 0 Å². The van der Waals surface area contributed by atoms with Crippen LogP contribution in [0.2, 0.25) is 0 Å². The number of alkyl halides is 3. The summed E-state index contributed by atoms with van der Waals surface area (Å²) < 4.78 is 41.5. The van der Waals surface area contributed by atoms with E-state index in [1.54, 1.807) is 19.1 Å². The normalized spacial score (nSPS) is 18.0. The molecule has 2 rings (SSSR count). The number of benzene rings is 1. The average molecular weight is 330 g/mol. The Labute approximate surface area is 133 Å². The number of hydrogen-bond donors (Lipinski definition) is 2. The Hall–Kier alpha value is -1.76. The highest BCUT2D eigenvalue weighted by Crippen LogP contribution is 2.27. The minimum Gasteiger partial charge on any atom is -0.484 e. The van der Waals surface area contributed by atoms with Crippen LogP contribution in [0.25, 0.3) is 0 Å². The quantitative estimate of drug-likeness (QED) is 0.842. The van der Waals surface area contributed by atoms with Crippen LogP contribution in [0.4, 0.5) is 18.9 Å². The molecule has 1 saturated heterocycles.